The molecule has 2 unspecified atom stereocenters. The van der Waals surface area contributed by atoms with Gasteiger partial charge in [0.25, 0.3) is 0 Å². The van der Waals surface area contributed by atoms with Crippen LogP contribution in [-0.4, -0.2) is 53.3 Å². The summed E-state index contributed by atoms with van der Waals surface area (Å²) < 4.78 is 32.0. The van der Waals surface area contributed by atoms with E-state index in [9.17, 15) is 14.2 Å². The second kappa shape index (κ2) is 36.8. The topological polar surface area (TPSA) is 132 Å². The van der Waals surface area contributed by atoms with Gasteiger partial charge in [-0.1, -0.05) is 184 Å². The van der Waals surface area contributed by atoms with Crippen molar-refractivity contribution in [1.29, 1.82) is 0 Å². The lowest BCUT2D eigenvalue weighted by atomic mass is 10.0. The van der Waals surface area contributed by atoms with Crippen LogP contribution in [-0.2, 0) is 32.9 Å². The quantitative estimate of drug-likeness (QED) is 0.0204. The lowest BCUT2D eigenvalue weighted by molar-refractivity contribution is -0.161. The maximum atomic E-state index is 12.4. The molecule has 1 heterocycles. The second-order valence-electron chi connectivity index (χ2n) is 15.9. The van der Waals surface area contributed by atoms with E-state index in [0.717, 1.165) is 63.7 Å². The van der Waals surface area contributed by atoms with Gasteiger partial charge in [-0.3, -0.25) is 14.1 Å². The van der Waals surface area contributed by atoms with Crippen molar-refractivity contribution in [2.24, 2.45) is 5.92 Å². The fourth-order valence-electron chi connectivity index (χ4n) is 6.45. The number of ether oxygens (including phenoxy) is 3. The van der Waals surface area contributed by atoms with Crippen LogP contribution in [0.3, 0.4) is 0 Å². The van der Waals surface area contributed by atoms with Crippen LogP contribution in [0.1, 0.15) is 188 Å². The molecular weight excluding hydrogens is 739 g/mol. The van der Waals surface area contributed by atoms with Gasteiger partial charge in [0.15, 0.2) is 6.10 Å². The van der Waals surface area contributed by atoms with E-state index in [-0.39, 0.29) is 19.4 Å². The van der Waals surface area contributed by atoms with Crippen molar-refractivity contribution in [3.05, 3.63) is 60.8 Å². The minimum absolute atomic E-state index is 0.138. The predicted octanol–water partition coefficient (Wildman–Crippen LogP) is 12.9. The summed E-state index contributed by atoms with van der Waals surface area (Å²) in [4.78, 5) is 42.9. The molecule has 0 radical (unpaired) electrons. The molecule has 1 aliphatic rings. The first-order valence-corrected chi connectivity index (χ1v) is 24.1. The number of rotatable bonds is 39. The summed E-state index contributed by atoms with van der Waals surface area (Å²) in [5, 5.41) is 0. The van der Waals surface area contributed by atoms with Gasteiger partial charge in [-0.25, -0.2) is 4.57 Å². The Kier molecular flexibility index (Phi) is 34.0. The van der Waals surface area contributed by atoms with Crippen molar-refractivity contribution >= 4 is 19.8 Å². The molecule has 0 aromatic heterocycles. The fourth-order valence-corrected chi connectivity index (χ4v) is 6.81. The molecule has 0 bridgehead atoms. The smallest absolute Gasteiger partial charge is 0.462 e. The number of hydrogen-bond acceptors (Lipinski definition) is 7. The summed E-state index contributed by atoms with van der Waals surface area (Å²) >= 11 is 0. The zero-order valence-corrected chi connectivity index (χ0v) is 37.0. The molecule has 1 fully saturated rings. The summed E-state index contributed by atoms with van der Waals surface area (Å²) in [6.07, 6.45) is 48.6. The first-order valence-electron chi connectivity index (χ1n) is 22.6. The van der Waals surface area contributed by atoms with Crippen molar-refractivity contribution in [3.8, 4) is 0 Å². The van der Waals surface area contributed by atoms with Crippen LogP contribution in [0.25, 0.3) is 0 Å². The van der Waals surface area contributed by atoms with Crippen LogP contribution in [0.5, 0.6) is 0 Å². The minimum Gasteiger partial charge on any atom is -0.462 e. The van der Waals surface area contributed by atoms with Crippen molar-refractivity contribution in [3.63, 3.8) is 0 Å². The average molecular weight is 821 g/mol. The number of hydrogen-bond donors (Lipinski definition) is 2. The molecule has 0 spiro atoms. The van der Waals surface area contributed by atoms with Gasteiger partial charge in [-0.05, 0) is 57.3 Å². The lowest BCUT2D eigenvalue weighted by Crippen LogP contribution is -2.29. The molecule has 57 heavy (non-hydrogen) atoms. The molecular formula is C47H81O9P. The number of unbranched alkanes of at least 4 members (excludes halogenated alkanes) is 15. The summed E-state index contributed by atoms with van der Waals surface area (Å²) in [5.74, 6) is -0.149. The highest BCUT2D eigenvalue weighted by Gasteiger charge is 2.36. The maximum absolute atomic E-state index is 12.4. The van der Waals surface area contributed by atoms with Gasteiger partial charge < -0.3 is 24.0 Å². The standard InChI is InChI=1S/C47H81O9P/c1-4-5-30-36-44-45(56-44)37-32-27-23-19-15-12-13-16-20-24-28-33-38-46(48)53-40-43(41-54-57(50,51)52)55-47(49)39-34-29-25-21-17-11-9-7-6-8-10-14-18-22-26-31-35-42(2)3/h5,13,15-16,19,24,27-28,30,32,42-45H,4,6-12,14,17-18,20-23,25-26,29,31,33-41H2,1-3H3,(H2,50,51,52)/b16-13-,19-15-,28-24-,30-5-,32-27-/t43-,44?,45?/m1/s1. The Hall–Kier alpha value is -2.29. The van der Waals surface area contributed by atoms with E-state index >= 15 is 0 Å². The zero-order valence-electron chi connectivity index (χ0n) is 36.1. The number of phosphoric ester groups is 1. The van der Waals surface area contributed by atoms with Crippen molar-refractivity contribution in [2.75, 3.05) is 13.2 Å². The maximum Gasteiger partial charge on any atom is 0.469 e. The molecule has 0 amide bonds. The van der Waals surface area contributed by atoms with Crippen molar-refractivity contribution < 1.29 is 42.7 Å². The molecule has 10 heteroatoms. The molecule has 0 saturated carbocycles. The second-order valence-corrected chi connectivity index (χ2v) is 17.1. The van der Waals surface area contributed by atoms with E-state index in [1.54, 1.807) is 0 Å². The first-order chi connectivity index (χ1) is 27.6. The molecule has 328 valence electrons. The average Bonchev–Trinajstić information content (AvgIpc) is 3.92. The lowest BCUT2D eigenvalue weighted by Gasteiger charge is -2.18. The normalized spacial score (nSPS) is 16.7. The minimum atomic E-state index is -4.78. The van der Waals surface area contributed by atoms with Crippen molar-refractivity contribution in [2.45, 2.75) is 206 Å². The largest absolute Gasteiger partial charge is 0.469 e. The van der Waals surface area contributed by atoms with Crippen LogP contribution < -0.4 is 0 Å². The molecule has 1 rings (SSSR count). The van der Waals surface area contributed by atoms with Gasteiger partial charge in [-0.15, -0.1) is 0 Å². The zero-order chi connectivity index (χ0) is 41.7. The summed E-state index contributed by atoms with van der Waals surface area (Å²) in [5.41, 5.74) is 0. The Balaban J connectivity index is 2.07. The summed E-state index contributed by atoms with van der Waals surface area (Å²) in [6, 6.07) is 0. The molecule has 0 aromatic carbocycles. The predicted molar refractivity (Wildman–Crippen MR) is 234 cm³/mol. The molecule has 9 nitrogen and oxygen atoms in total. The van der Waals surface area contributed by atoms with E-state index in [1.807, 2.05) is 12.2 Å². The highest BCUT2D eigenvalue weighted by molar-refractivity contribution is 7.46. The molecule has 0 aromatic rings. The SMILES string of the molecule is CC/C=C\CC1OC1C/C=C\C/C=C\C/C=C\C/C=C\CCC(=O)OC[C@H](COP(=O)(O)O)OC(=O)CCCCCCCCCCCCCCCCCCC(C)C. The highest BCUT2D eigenvalue weighted by Crippen LogP contribution is 2.36. The third-order valence-electron chi connectivity index (χ3n) is 9.89. The van der Waals surface area contributed by atoms with E-state index in [4.69, 9.17) is 24.0 Å². The molecule has 1 saturated heterocycles. The van der Waals surface area contributed by atoms with Crippen LogP contribution in [0.2, 0.25) is 0 Å². The van der Waals surface area contributed by atoms with Gasteiger partial charge in [0.1, 0.15) is 6.61 Å². The van der Waals surface area contributed by atoms with E-state index in [2.05, 4.69) is 73.9 Å². The number of carbonyl (C=O) groups is 2. The third-order valence-corrected chi connectivity index (χ3v) is 10.4. The van der Waals surface area contributed by atoms with Crippen LogP contribution >= 0.6 is 7.82 Å². The third kappa shape index (κ3) is 37.7. The van der Waals surface area contributed by atoms with Crippen LogP contribution in [0.4, 0.5) is 0 Å². The fraction of sp³-hybridized carbons (Fsp3) is 0.745. The Morgan fingerprint density at radius 2 is 1.05 bits per heavy atom. The Morgan fingerprint density at radius 1 is 0.596 bits per heavy atom. The molecule has 3 atom stereocenters. The van der Waals surface area contributed by atoms with Gasteiger partial charge in [0.05, 0.1) is 18.8 Å². The number of epoxide rings is 1. The van der Waals surface area contributed by atoms with E-state index in [1.165, 1.54) is 83.5 Å². The number of allylic oxidation sites excluding steroid dienone is 8. The summed E-state index contributed by atoms with van der Waals surface area (Å²) in [6.45, 7) is 5.86. The van der Waals surface area contributed by atoms with Gasteiger partial charge in [0.2, 0.25) is 0 Å². The number of carbonyl (C=O) groups excluding carboxylic acids is 2. The van der Waals surface area contributed by atoms with E-state index in [0.29, 0.717) is 25.0 Å². The Morgan fingerprint density at radius 3 is 1.54 bits per heavy atom. The van der Waals surface area contributed by atoms with Crippen molar-refractivity contribution in [1.82, 2.24) is 0 Å². The monoisotopic (exact) mass is 821 g/mol. The van der Waals surface area contributed by atoms with Gasteiger partial charge >= 0.3 is 19.8 Å². The van der Waals surface area contributed by atoms with Crippen LogP contribution in [0, 0.1) is 5.92 Å². The number of esters is 2. The molecule has 0 aliphatic carbocycles. The molecule has 2 N–H and O–H groups in total. The van der Waals surface area contributed by atoms with Gasteiger partial charge in [-0.2, -0.15) is 0 Å². The molecule has 1 aliphatic heterocycles. The summed E-state index contributed by atoms with van der Waals surface area (Å²) in [7, 11) is -4.78. The Labute approximate surface area is 347 Å². The number of phosphoric acid groups is 1. The first kappa shape index (κ1) is 52.7. The van der Waals surface area contributed by atoms with E-state index < -0.39 is 32.5 Å². The Bertz CT molecular complexity index is 1190. The highest BCUT2D eigenvalue weighted by atomic mass is 31.2. The van der Waals surface area contributed by atoms with Crippen LogP contribution in [0.15, 0.2) is 60.8 Å². The van der Waals surface area contributed by atoms with Gasteiger partial charge in [0, 0.05) is 12.8 Å².